The van der Waals surface area contributed by atoms with Crippen molar-refractivity contribution in [2.45, 2.75) is 38.7 Å². The first-order valence-electron chi connectivity index (χ1n) is 5.72. The normalized spacial score (nSPS) is 12.3. The van der Waals surface area contributed by atoms with E-state index >= 15 is 0 Å². The number of methoxy groups -OCH3 is 1. The molecule has 4 heteroatoms. The van der Waals surface area contributed by atoms with Gasteiger partial charge >= 0.3 is 0 Å². The Morgan fingerprint density at radius 3 is 2.35 bits per heavy atom. The summed E-state index contributed by atoms with van der Waals surface area (Å²) in [6.07, 6.45) is 1.90. The molecule has 2 atom stereocenters. The van der Waals surface area contributed by atoms with E-state index in [0.717, 1.165) is 18.1 Å². The Balaban J connectivity index is 2.64. The SMILES string of the molecule is COc1cc(CP)cc(CPOC(C)(C)C)c1. The third kappa shape index (κ3) is 5.82. The van der Waals surface area contributed by atoms with Crippen molar-refractivity contribution in [1.29, 1.82) is 0 Å². The molecule has 0 bridgehead atoms. The molecule has 1 aromatic rings. The average Bonchev–Trinajstić information content (AvgIpc) is 2.26. The van der Waals surface area contributed by atoms with E-state index in [1.807, 2.05) is 0 Å². The Morgan fingerprint density at radius 1 is 1.18 bits per heavy atom. The fourth-order valence-corrected chi connectivity index (χ4v) is 2.51. The summed E-state index contributed by atoms with van der Waals surface area (Å²) in [6, 6.07) is 6.38. The molecule has 0 fully saturated rings. The van der Waals surface area contributed by atoms with Crippen LogP contribution >= 0.6 is 18.0 Å². The van der Waals surface area contributed by atoms with Gasteiger partial charge in [0.1, 0.15) is 5.75 Å². The summed E-state index contributed by atoms with van der Waals surface area (Å²) in [7, 11) is 4.94. The molecule has 17 heavy (non-hydrogen) atoms. The van der Waals surface area contributed by atoms with Crippen molar-refractivity contribution in [3.63, 3.8) is 0 Å². The minimum atomic E-state index is -0.0548. The first-order chi connectivity index (χ1) is 7.94. The molecule has 2 unspecified atom stereocenters. The maximum absolute atomic E-state index is 5.76. The van der Waals surface area contributed by atoms with Gasteiger partial charge in [-0.1, -0.05) is 6.07 Å². The minimum absolute atomic E-state index is 0.0548. The van der Waals surface area contributed by atoms with Crippen LogP contribution in [0.4, 0.5) is 0 Å². The lowest BCUT2D eigenvalue weighted by Gasteiger charge is -2.19. The Bertz CT molecular complexity index is 337. The molecule has 96 valence electrons. The lowest BCUT2D eigenvalue weighted by molar-refractivity contribution is 0.156. The van der Waals surface area contributed by atoms with Crippen LogP contribution in [0.5, 0.6) is 5.75 Å². The van der Waals surface area contributed by atoms with Gasteiger partial charge in [-0.2, -0.15) is 0 Å². The van der Waals surface area contributed by atoms with Gasteiger partial charge in [0.15, 0.2) is 0 Å². The molecule has 0 spiro atoms. The highest BCUT2D eigenvalue weighted by atomic mass is 31.1. The second-order valence-electron chi connectivity index (χ2n) is 4.93. The minimum Gasteiger partial charge on any atom is -0.497 e. The molecular formula is C13H22O2P2. The van der Waals surface area contributed by atoms with Gasteiger partial charge in [0, 0.05) is 15.0 Å². The van der Waals surface area contributed by atoms with E-state index in [4.69, 9.17) is 9.26 Å². The zero-order chi connectivity index (χ0) is 12.9. The molecule has 0 N–H and O–H groups in total. The fourth-order valence-electron chi connectivity index (χ4n) is 1.40. The van der Waals surface area contributed by atoms with E-state index < -0.39 is 0 Å². The van der Waals surface area contributed by atoms with Gasteiger partial charge in [-0.25, -0.2) is 0 Å². The lowest BCUT2D eigenvalue weighted by atomic mass is 10.1. The van der Waals surface area contributed by atoms with E-state index in [-0.39, 0.29) is 5.60 Å². The highest BCUT2D eigenvalue weighted by Crippen LogP contribution is 2.29. The molecule has 0 aliphatic carbocycles. The van der Waals surface area contributed by atoms with Gasteiger partial charge in [0.05, 0.1) is 12.7 Å². The zero-order valence-corrected chi connectivity index (χ0v) is 13.2. The monoisotopic (exact) mass is 272 g/mol. The van der Waals surface area contributed by atoms with Gasteiger partial charge in [-0.15, -0.1) is 9.24 Å². The average molecular weight is 272 g/mol. The van der Waals surface area contributed by atoms with Crippen molar-refractivity contribution >= 4 is 18.0 Å². The fraction of sp³-hybridized carbons (Fsp3) is 0.538. The molecule has 0 aliphatic rings. The van der Waals surface area contributed by atoms with Crippen LogP contribution in [0, 0.1) is 0 Å². The predicted octanol–water partition coefficient (Wildman–Crippen LogP) is 3.98. The molecule has 2 nitrogen and oxygen atoms in total. The summed E-state index contributed by atoms with van der Waals surface area (Å²) in [6.45, 7) is 6.25. The predicted molar refractivity (Wildman–Crippen MR) is 79.3 cm³/mol. The molecule has 0 aromatic heterocycles. The smallest absolute Gasteiger partial charge is 0.119 e. The van der Waals surface area contributed by atoms with Crippen molar-refractivity contribution in [2.75, 3.05) is 7.11 Å². The third-order valence-electron chi connectivity index (χ3n) is 2.15. The van der Waals surface area contributed by atoms with Crippen molar-refractivity contribution < 1.29 is 9.26 Å². The van der Waals surface area contributed by atoms with Gasteiger partial charge in [0.2, 0.25) is 0 Å². The molecule has 0 saturated heterocycles. The summed E-state index contributed by atoms with van der Waals surface area (Å²) < 4.78 is 11.1. The highest BCUT2D eigenvalue weighted by Gasteiger charge is 2.10. The molecule has 0 aliphatic heterocycles. The maximum atomic E-state index is 5.76. The second-order valence-corrected chi connectivity index (χ2v) is 6.18. The standard InChI is InChI=1S/C13H22O2P2/c1-13(2,3)15-17-9-11-5-10(8-16)6-12(7-11)14-4/h5-7,17H,8-9,16H2,1-4H3. The Hall–Kier alpha value is -0.160. The van der Waals surface area contributed by atoms with Crippen LogP contribution in [0.1, 0.15) is 31.9 Å². The van der Waals surface area contributed by atoms with E-state index in [0.29, 0.717) is 8.81 Å². The van der Waals surface area contributed by atoms with Gasteiger partial charge in [-0.05, 0) is 50.2 Å². The topological polar surface area (TPSA) is 18.5 Å². The lowest BCUT2D eigenvalue weighted by Crippen LogP contribution is -2.13. The molecule has 1 rings (SSSR count). The number of hydrogen-bond donors (Lipinski definition) is 0. The quantitative estimate of drug-likeness (QED) is 0.755. The molecule has 0 radical (unpaired) electrons. The van der Waals surface area contributed by atoms with Crippen LogP contribution in [0.15, 0.2) is 18.2 Å². The maximum Gasteiger partial charge on any atom is 0.119 e. The van der Waals surface area contributed by atoms with E-state index in [2.05, 4.69) is 48.2 Å². The molecule has 0 saturated carbocycles. The highest BCUT2D eigenvalue weighted by molar-refractivity contribution is 7.31. The Kier molecular flexibility index (Phi) is 5.86. The largest absolute Gasteiger partial charge is 0.497 e. The van der Waals surface area contributed by atoms with Crippen LogP contribution in [0.2, 0.25) is 0 Å². The summed E-state index contributed by atoms with van der Waals surface area (Å²) >= 11 is 0. The van der Waals surface area contributed by atoms with E-state index in [1.54, 1.807) is 7.11 Å². The molecule has 0 heterocycles. The number of benzene rings is 1. The van der Waals surface area contributed by atoms with Crippen LogP contribution in [0.3, 0.4) is 0 Å². The summed E-state index contributed by atoms with van der Waals surface area (Å²) in [5, 5.41) is 0. The third-order valence-corrected chi connectivity index (χ3v) is 3.93. The number of rotatable bonds is 5. The first-order valence-corrected chi connectivity index (χ1v) is 7.65. The Labute approximate surface area is 109 Å². The van der Waals surface area contributed by atoms with Crippen LogP contribution in [-0.2, 0) is 16.8 Å². The van der Waals surface area contributed by atoms with Crippen LogP contribution < -0.4 is 4.74 Å². The van der Waals surface area contributed by atoms with Crippen molar-refractivity contribution in [3.8, 4) is 5.75 Å². The number of hydrogen-bond acceptors (Lipinski definition) is 2. The first kappa shape index (κ1) is 14.9. The van der Waals surface area contributed by atoms with E-state index in [1.165, 1.54) is 11.1 Å². The summed E-state index contributed by atoms with van der Waals surface area (Å²) in [5.41, 5.74) is 2.51. The van der Waals surface area contributed by atoms with Gasteiger partial charge in [0.25, 0.3) is 0 Å². The molecule has 1 aromatic carbocycles. The van der Waals surface area contributed by atoms with E-state index in [9.17, 15) is 0 Å². The number of ether oxygens (including phenoxy) is 1. The summed E-state index contributed by atoms with van der Waals surface area (Å²) in [4.78, 5) is 0. The molecular weight excluding hydrogens is 250 g/mol. The van der Waals surface area contributed by atoms with Crippen molar-refractivity contribution in [1.82, 2.24) is 0 Å². The van der Waals surface area contributed by atoms with Crippen molar-refractivity contribution in [2.24, 2.45) is 0 Å². The summed E-state index contributed by atoms with van der Waals surface area (Å²) in [5.74, 6) is 0.931. The molecule has 0 amide bonds. The van der Waals surface area contributed by atoms with Gasteiger partial charge < -0.3 is 9.26 Å². The van der Waals surface area contributed by atoms with Crippen LogP contribution in [-0.4, -0.2) is 12.7 Å². The van der Waals surface area contributed by atoms with Crippen molar-refractivity contribution in [3.05, 3.63) is 29.3 Å². The van der Waals surface area contributed by atoms with Crippen LogP contribution in [0.25, 0.3) is 0 Å². The second kappa shape index (κ2) is 6.69. The Morgan fingerprint density at radius 2 is 1.82 bits per heavy atom. The van der Waals surface area contributed by atoms with Gasteiger partial charge in [-0.3, -0.25) is 0 Å². The zero-order valence-electron chi connectivity index (χ0n) is 11.0.